The molecule has 0 unspecified atom stereocenters. The quantitative estimate of drug-likeness (QED) is 0.0510. The Morgan fingerprint density at radius 3 is 1.33 bits per heavy atom. The molecule has 3 aliphatic rings. The Labute approximate surface area is 391 Å². The number of carbonyl (C=O) groups excluding carboxylic acids is 4. The van der Waals surface area contributed by atoms with Crippen LogP contribution in [0, 0.1) is 25.7 Å². The van der Waals surface area contributed by atoms with Crippen LogP contribution in [-0.4, -0.2) is 54.3 Å². The molecule has 2 heterocycles. The van der Waals surface area contributed by atoms with Crippen LogP contribution < -0.4 is 0 Å². The first-order chi connectivity index (χ1) is 32.6. The molecule has 12 nitrogen and oxygen atoms in total. The Morgan fingerprint density at radius 1 is 0.567 bits per heavy atom. The van der Waals surface area contributed by atoms with Gasteiger partial charge < -0.3 is 0 Å². The Bertz CT molecular complexity index is 2700. The number of carbonyl (C=O) groups is 4. The summed E-state index contributed by atoms with van der Waals surface area (Å²) in [6.45, 7) is 7.44. The van der Waals surface area contributed by atoms with Crippen molar-refractivity contribution in [2.75, 3.05) is 0 Å². The van der Waals surface area contributed by atoms with Crippen LogP contribution in [0.25, 0.3) is 11.1 Å². The fourth-order valence-corrected chi connectivity index (χ4v) is 10.6. The molecule has 3 aliphatic carbocycles. The van der Waals surface area contributed by atoms with Crippen LogP contribution in [0.5, 0.6) is 0 Å². The molecule has 6 aromatic rings. The van der Waals surface area contributed by atoms with E-state index in [4.69, 9.17) is 9.68 Å². The molecule has 12 heteroatoms. The van der Waals surface area contributed by atoms with Gasteiger partial charge in [0.25, 0.3) is 0 Å². The van der Waals surface area contributed by atoms with E-state index in [2.05, 4.69) is 44.5 Å². The summed E-state index contributed by atoms with van der Waals surface area (Å²) in [4.78, 5) is 76.9. The van der Waals surface area contributed by atoms with Crippen molar-refractivity contribution in [2.24, 2.45) is 22.1 Å². The molecule has 2 fully saturated rings. The average Bonchev–Trinajstić information content (AvgIpc) is 4.05. The van der Waals surface area contributed by atoms with Crippen LogP contribution in [0.15, 0.2) is 120 Å². The van der Waals surface area contributed by atoms with Crippen molar-refractivity contribution in [2.45, 2.75) is 110 Å². The summed E-state index contributed by atoms with van der Waals surface area (Å²) < 4.78 is 2.69. The third-order valence-electron chi connectivity index (χ3n) is 13.8. The maximum atomic E-state index is 15.0. The molecule has 0 amide bonds. The first-order valence-corrected chi connectivity index (χ1v) is 23.8. The average molecular weight is 897 g/mol. The third-order valence-corrected chi connectivity index (χ3v) is 13.8. The number of Topliss-reactive ketones (excluding diaryl/α,β-unsaturated/α-hetero) is 2. The van der Waals surface area contributed by atoms with E-state index >= 15 is 0 Å². The third kappa shape index (κ3) is 8.61. The fourth-order valence-electron chi connectivity index (χ4n) is 10.6. The SMILES string of the molecule is CCc1nc(C)cn1C(=O)O/N=C(/C(=O)c1ccc2c(c1)-c1cc(C(=O)/C(=N/OC(=O)n3cc(C)nc3CC)C3CCCCC3)ccc1C2(c1ccccc1)c1ccccc1)C1CCCCC1. The van der Waals surface area contributed by atoms with E-state index in [0.717, 1.165) is 97.6 Å². The molecule has 0 atom stereocenters. The highest BCUT2D eigenvalue weighted by molar-refractivity contribution is 6.47. The van der Waals surface area contributed by atoms with Gasteiger partial charge in [0.15, 0.2) is 0 Å². The van der Waals surface area contributed by atoms with E-state index in [1.165, 1.54) is 9.13 Å². The number of ketones is 2. The van der Waals surface area contributed by atoms with Gasteiger partial charge in [0, 0.05) is 48.2 Å². The van der Waals surface area contributed by atoms with Gasteiger partial charge in [-0.2, -0.15) is 0 Å². The fraction of sp³-hybridized carbons (Fsp3) is 0.345. The first-order valence-electron chi connectivity index (χ1n) is 23.8. The minimum absolute atomic E-state index is 0.195. The predicted molar refractivity (Wildman–Crippen MR) is 257 cm³/mol. The monoisotopic (exact) mass is 896 g/mol. The minimum atomic E-state index is -0.818. The van der Waals surface area contributed by atoms with E-state index in [0.29, 0.717) is 47.0 Å². The smallest absolute Gasteiger partial charge is 0.297 e. The zero-order valence-electron chi connectivity index (χ0n) is 38.7. The minimum Gasteiger partial charge on any atom is -0.297 e. The summed E-state index contributed by atoms with van der Waals surface area (Å²) in [5, 5.41) is 8.76. The lowest BCUT2D eigenvalue weighted by Crippen LogP contribution is -2.29. The summed E-state index contributed by atoms with van der Waals surface area (Å²) in [6.07, 6.45) is 11.7. The van der Waals surface area contributed by atoms with E-state index in [9.17, 15) is 19.2 Å². The summed E-state index contributed by atoms with van der Waals surface area (Å²) in [6, 6.07) is 32.1. The van der Waals surface area contributed by atoms with E-state index in [-0.39, 0.29) is 34.8 Å². The molecular weight excluding hydrogens is 841 g/mol. The van der Waals surface area contributed by atoms with Gasteiger partial charge in [-0.05, 0) is 85.0 Å². The van der Waals surface area contributed by atoms with E-state index in [1.807, 2.05) is 100 Å². The second-order valence-corrected chi connectivity index (χ2v) is 18.0. The number of hydrogen-bond donors (Lipinski definition) is 0. The number of hydrogen-bond acceptors (Lipinski definition) is 10. The molecule has 0 N–H and O–H groups in total. The van der Waals surface area contributed by atoms with Crippen molar-refractivity contribution < 1.29 is 28.9 Å². The highest BCUT2D eigenvalue weighted by Crippen LogP contribution is 2.56. The summed E-state index contributed by atoms with van der Waals surface area (Å²) in [7, 11) is 0. The molecule has 342 valence electrons. The van der Waals surface area contributed by atoms with Gasteiger partial charge in [-0.25, -0.2) is 28.7 Å². The standard InChI is InChI=1S/C55H56N6O6/c1-5-47-56-35(3)33-60(47)53(64)66-58-49(37-19-11-7-12-20-37)51(62)39-27-29-45-43(31-39)44-32-40(28-30-46(44)55(45,41-23-15-9-16-24-41)42-25-17-10-18-26-42)52(63)50(38-21-13-8-14-22-38)59-67-54(65)61-34-36(4)57-48(61)6-2/h9-10,15-18,23-34,37-38H,5-8,11-14,19-22H2,1-4H3/b58-49+,59-50+. The Kier molecular flexibility index (Phi) is 13.1. The molecule has 2 aromatic heterocycles. The topological polar surface area (TPSA) is 147 Å². The first kappa shape index (κ1) is 45.1. The van der Waals surface area contributed by atoms with Crippen LogP contribution in [0.3, 0.4) is 0 Å². The summed E-state index contributed by atoms with van der Waals surface area (Å²) in [5.74, 6) is 0.0652. The number of oxime groups is 2. The lowest BCUT2D eigenvalue weighted by molar-refractivity contribution is 0.103. The summed E-state index contributed by atoms with van der Waals surface area (Å²) in [5.41, 5.74) is 7.26. The number of rotatable bonds is 12. The maximum absolute atomic E-state index is 15.0. The molecule has 0 spiro atoms. The Morgan fingerprint density at radius 2 is 0.955 bits per heavy atom. The molecule has 0 saturated heterocycles. The number of fused-ring (bicyclic) bond motifs is 3. The van der Waals surface area contributed by atoms with Crippen molar-refractivity contribution in [1.82, 2.24) is 19.1 Å². The van der Waals surface area contributed by atoms with Crippen LogP contribution in [0.1, 0.15) is 144 Å². The normalized spacial score (nSPS) is 16.3. The van der Waals surface area contributed by atoms with Gasteiger partial charge in [-0.15, -0.1) is 0 Å². The lowest BCUT2D eigenvalue weighted by atomic mass is 9.67. The molecule has 0 radical (unpaired) electrons. The van der Waals surface area contributed by atoms with Gasteiger partial charge in [0.05, 0.1) is 16.8 Å². The predicted octanol–water partition coefficient (Wildman–Crippen LogP) is 11.8. The zero-order valence-corrected chi connectivity index (χ0v) is 38.7. The molecule has 4 aromatic carbocycles. The van der Waals surface area contributed by atoms with Crippen molar-refractivity contribution in [3.8, 4) is 11.1 Å². The molecule has 67 heavy (non-hydrogen) atoms. The van der Waals surface area contributed by atoms with E-state index in [1.54, 1.807) is 12.4 Å². The molecule has 2 saturated carbocycles. The molecule has 0 aliphatic heterocycles. The molecular formula is C55H56N6O6. The number of imidazole rings is 2. The second-order valence-electron chi connectivity index (χ2n) is 18.0. The van der Waals surface area contributed by atoms with Crippen LogP contribution in [0.2, 0.25) is 0 Å². The van der Waals surface area contributed by atoms with Crippen molar-refractivity contribution in [3.63, 3.8) is 0 Å². The Hall–Kier alpha value is -7.08. The van der Waals surface area contributed by atoms with Crippen LogP contribution in [0.4, 0.5) is 9.59 Å². The number of aromatic nitrogens is 4. The van der Waals surface area contributed by atoms with Crippen molar-refractivity contribution in [3.05, 3.63) is 166 Å². The second kappa shape index (κ2) is 19.4. The Balaban J connectivity index is 1.17. The van der Waals surface area contributed by atoms with Gasteiger partial charge in [-0.1, -0.05) is 148 Å². The number of benzene rings is 4. The highest BCUT2D eigenvalue weighted by Gasteiger charge is 2.47. The van der Waals surface area contributed by atoms with Gasteiger partial charge in [0.1, 0.15) is 23.1 Å². The number of aryl methyl sites for hydroxylation is 4. The summed E-state index contributed by atoms with van der Waals surface area (Å²) >= 11 is 0. The lowest BCUT2D eigenvalue weighted by Gasteiger charge is -2.34. The highest BCUT2D eigenvalue weighted by atomic mass is 16.7. The van der Waals surface area contributed by atoms with Crippen molar-refractivity contribution in [1.29, 1.82) is 0 Å². The maximum Gasteiger partial charge on any atom is 0.445 e. The van der Waals surface area contributed by atoms with Gasteiger partial charge in [-0.3, -0.25) is 19.3 Å². The molecule has 9 rings (SSSR count). The molecule has 0 bridgehead atoms. The van der Waals surface area contributed by atoms with Crippen molar-refractivity contribution >= 4 is 35.2 Å². The largest absolute Gasteiger partial charge is 0.445 e. The van der Waals surface area contributed by atoms with Crippen LogP contribution in [-0.2, 0) is 27.9 Å². The van der Waals surface area contributed by atoms with E-state index < -0.39 is 17.6 Å². The number of nitrogens with zero attached hydrogens (tertiary/aromatic N) is 6. The zero-order chi connectivity index (χ0) is 46.7. The van der Waals surface area contributed by atoms with Crippen LogP contribution >= 0.6 is 0 Å². The van der Waals surface area contributed by atoms with Gasteiger partial charge in [0.2, 0.25) is 11.6 Å². The van der Waals surface area contributed by atoms with Gasteiger partial charge >= 0.3 is 12.2 Å².